The standard InChI is InChI=1S/C24H17F4N7O/c1-36-19-4-2-3-16(31-19)20-22(29)32-24(33-23(20)30)35-18-8-5-11(25)9-13(18)17(34-35)10-12-14(26)6-7-15(27)21(12)28/h2-9H,10H2,1H3,(H4,29,30,32,33). The third-order valence-electron chi connectivity index (χ3n) is 5.53. The Morgan fingerprint density at radius 1 is 0.889 bits per heavy atom. The lowest BCUT2D eigenvalue weighted by Gasteiger charge is -2.11. The van der Waals surface area contributed by atoms with Crippen molar-refractivity contribution in [3.05, 3.63) is 83.1 Å². The van der Waals surface area contributed by atoms with Crippen molar-refractivity contribution in [1.82, 2.24) is 24.7 Å². The minimum atomic E-state index is -1.35. The minimum absolute atomic E-state index is 0.0206. The second kappa shape index (κ2) is 8.80. The maximum Gasteiger partial charge on any atom is 0.255 e. The van der Waals surface area contributed by atoms with Gasteiger partial charge in [0.25, 0.3) is 5.95 Å². The van der Waals surface area contributed by atoms with Gasteiger partial charge in [-0.1, -0.05) is 6.07 Å². The third-order valence-corrected chi connectivity index (χ3v) is 5.53. The number of halogens is 4. The first kappa shape index (κ1) is 23.0. The average molecular weight is 495 g/mol. The lowest BCUT2D eigenvalue weighted by atomic mass is 10.1. The van der Waals surface area contributed by atoms with Crippen LogP contribution in [0.1, 0.15) is 11.3 Å². The van der Waals surface area contributed by atoms with Gasteiger partial charge in [0.05, 0.1) is 29.6 Å². The van der Waals surface area contributed by atoms with E-state index in [2.05, 4.69) is 20.1 Å². The number of methoxy groups -OCH3 is 1. The Morgan fingerprint density at radius 2 is 1.61 bits per heavy atom. The monoisotopic (exact) mass is 495 g/mol. The Bertz CT molecular complexity index is 1610. The molecule has 36 heavy (non-hydrogen) atoms. The predicted octanol–water partition coefficient (Wildman–Crippen LogP) is 4.20. The number of fused-ring (bicyclic) bond motifs is 1. The number of anilines is 2. The van der Waals surface area contributed by atoms with E-state index in [9.17, 15) is 17.6 Å². The van der Waals surface area contributed by atoms with Gasteiger partial charge in [0.2, 0.25) is 5.88 Å². The van der Waals surface area contributed by atoms with Crippen molar-refractivity contribution >= 4 is 22.5 Å². The number of aromatic nitrogens is 5. The number of nitrogens with two attached hydrogens (primary N) is 2. The molecule has 182 valence electrons. The molecule has 0 unspecified atom stereocenters. The average Bonchev–Trinajstić information content (AvgIpc) is 3.21. The first-order valence-corrected chi connectivity index (χ1v) is 10.5. The lowest BCUT2D eigenvalue weighted by molar-refractivity contribution is 0.398. The Labute approximate surface area is 201 Å². The van der Waals surface area contributed by atoms with Crippen LogP contribution < -0.4 is 16.2 Å². The fraction of sp³-hybridized carbons (Fsp3) is 0.0833. The summed E-state index contributed by atoms with van der Waals surface area (Å²) in [5, 5.41) is 4.56. The van der Waals surface area contributed by atoms with Crippen molar-refractivity contribution in [3.8, 4) is 23.1 Å². The highest BCUT2D eigenvalue weighted by molar-refractivity contribution is 5.85. The number of nitrogens with zero attached hydrogens (tertiary/aromatic N) is 5. The summed E-state index contributed by atoms with van der Waals surface area (Å²) in [6.07, 6.45) is -0.459. The van der Waals surface area contributed by atoms with Crippen LogP contribution in [-0.2, 0) is 6.42 Å². The van der Waals surface area contributed by atoms with Gasteiger partial charge in [0.1, 0.15) is 23.3 Å². The topological polar surface area (TPSA) is 118 Å². The van der Waals surface area contributed by atoms with Gasteiger partial charge in [-0.05, 0) is 36.4 Å². The highest BCUT2D eigenvalue weighted by Crippen LogP contribution is 2.31. The summed E-state index contributed by atoms with van der Waals surface area (Å²) >= 11 is 0. The molecule has 0 fully saturated rings. The van der Waals surface area contributed by atoms with E-state index in [1.54, 1.807) is 18.2 Å². The summed E-state index contributed by atoms with van der Waals surface area (Å²) in [4.78, 5) is 12.9. The minimum Gasteiger partial charge on any atom is -0.481 e. The van der Waals surface area contributed by atoms with Crippen LogP contribution in [0, 0.1) is 23.3 Å². The summed E-state index contributed by atoms with van der Waals surface area (Å²) in [5.74, 6) is -3.92. The van der Waals surface area contributed by atoms with E-state index >= 15 is 0 Å². The van der Waals surface area contributed by atoms with Gasteiger partial charge in [-0.25, -0.2) is 22.5 Å². The summed E-state index contributed by atoms with van der Waals surface area (Å²) in [5.41, 5.74) is 12.8. The molecule has 0 aliphatic rings. The molecule has 4 N–H and O–H groups in total. The van der Waals surface area contributed by atoms with E-state index in [0.717, 1.165) is 12.1 Å². The molecule has 3 heterocycles. The van der Waals surface area contributed by atoms with Crippen molar-refractivity contribution in [2.75, 3.05) is 18.6 Å². The second-order valence-corrected chi connectivity index (χ2v) is 7.75. The van der Waals surface area contributed by atoms with E-state index in [1.807, 2.05) is 0 Å². The number of hydrogen-bond acceptors (Lipinski definition) is 7. The molecule has 5 aromatic rings. The molecule has 12 heteroatoms. The third kappa shape index (κ3) is 3.91. The van der Waals surface area contributed by atoms with E-state index in [0.29, 0.717) is 23.2 Å². The van der Waals surface area contributed by atoms with Crippen LogP contribution in [0.2, 0.25) is 0 Å². The van der Waals surface area contributed by atoms with Crippen LogP contribution in [0.3, 0.4) is 0 Å². The highest BCUT2D eigenvalue weighted by atomic mass is 19.2. The van der Waals surface area contributed by atoms with Crippen LogP contribution in [0.5, 0.6) is 5.88 Å². The fourth-order valence-corrected chi connectivity index (χ4v) is 3.84. The molecule has 0 spiro atoms. The van der Waals surface area contributed by atoms with Crippen LogP contribution in [-0.4, -0.2) is 31.8 Å². The Balaban J connectivity index is 1.65. The summed E-state index contributed by atoms with van der Waals surface area (Å²) in [6.45, 7) is 0. The molecule has 0 bridgehead atoms. The van der Waals surface area contributed by atoms with Crippen molar-refractivity contribution in [2.45, 2.75) is 6.42 Å². The van der Waals surface area contributed by atoms with Crippen LogP contribution >= 0.6 is 0 Å². The number of benzene rings is 2. The number of nitrogen functional groups attached to an aromatic ring is 2. The molecule has 3 aromatic heterocycles. The summed E-state index contributed by atoms with van der Waals surface area (Å²) in [6, 6.07) is 10.2. The molecular formula is C24H17F4N7O. The van der Waals surface area contributed by atoms with E-state index in [-0.39, 0.29) is 34.2 Å². The first-order valence-electron chi connectivity index (χ1n) is 10.5. The second-order valence-electron chi connectivity index (χ2n) is 7.75. The number of ether oxygens (including phenoxy) is 1. The molecule has 0 aliphatic carbocycles. The molecule has 0 aliphatic heterocycles. The number of pyridine rings is 1. The molecule has 2 aromatic carbocycles. The van der Waals surface area contributed by atoms with Crippen LogP contribution in [0.4, 0.5) is 29.2 Å². The first-order chi connectivity index (χ1) is 17.3. The molecule has 0 radical (unpaired) electrons. The van der Waals surface area contributed by atoms with Crippen molar-refractivity contribution < 1.29 is 22.3 Å². The zero-order valence-corrected chi connectivity index (χ0v) is 18.6. The molecule has 0 saturated carbocycles. The van der Waals surface area contributed by atoms with Crippen LogP contribution in [0.25, 0.3) is 28.1 Å². The Hall–Kier alpha value is -4.74. The van der Waals surface area contributed by atoms with E-state index in [1.165, 1.54) is 23.9 Å². The molecule has 0 amide bonds. The normalized spacial score (nSPS) is 11.2. The van der Waals surface area contributed by atoms with Gasteiger partial charge in [0, 0.05) is 23.4 Å². The highest BCUT2D eigenvalue weighted by Gasteiger charge is 2.22. The van der Waals surface area contributed by atoms with Gasteiger partial charge in [-0.15, -0.1) is 0 Å². The maximum atomic E-state index is 14.3. The smallest absolute Gasteiger partial charge is 0.255 e. The van der Waals surface area contributed by atoms with Crippen molar-refractivity contribution in [2.24, 2.45) is 0 Å². The van der Waals surface area contributed by atoms with E-state index < -0.39 is 35.3 Å². The fourth-order valence-electron chi connectivity index (χ4n) is 3.84. The summed E-state index contributed by atoms with van der Waals surface area (Å²) < 4.78 is 62.8. The molecule has 0 saturated heterocycles. The van der Waals surface area contributed by atoms with Crippen molar-refractivity contribution in [1.29, 1.82) is 0 Å². The Morgan fingerprint density at radius 3 is 2.33 bits per heavy atom. The number of hydrogen-bond donors (Lipinski definition) is 2. The molecule has 5 rings (SSSR count). The zero-order chi connectivity index (χ0) is 25.6. The largest absolute Gasteiger partial charge is 0.481 e. The van der Waals surface area contributed by atoms with Crippen molar-refractivity contribution in [3.63, 3.8) is 0 Å². The maximum absolute atomic E-state index is 14.3. The van der Waals surface area contributed by atoms with E-state index in [4.69, 9.17) is 16.2 Å². The molecule has 8 nitrogen and oxygen atoms in total. The van der Waals surface area contributed by atoms with Gasteiger partial charge in [0.15, 0.2) is 11.6 Å². The predicted molar refractivity (Wildman–Crippen MR) is 124 cm³/mol. The van der Waals surface area contributed by atoms with Gasteiger partial charge >= 0.3 is 0 Å². The van der Waals surface area contributed by atoms with Crippen LogP contribution in [0.15, 0.2) is 48.5 Å². The number of rotatable bonds is 5. The molecular weight excluding hydrogens is 478 g/mol. The lowest BCUT2D eigenvalue weighted by Crippen LogP contribution is -2.11. The Kier molecular flexibility index (Phi) is 5.63. The van der Waals surface area contributed by atoms with Gasteiger partial charge in [-0.2, -0.15) is 19.7 Å². The summed E-state index contributed by atoms with van der Waals surface area (Å²) in [7, 11) is 1.46. The SMILES string of the molecule is COc1cccc(-c2c(N)nc(-n3nc(Cc4c(F)ccc(F)c4F)c4cc(F)ccc43)nc2N)n1. The van der Waals surface area contributed by atoms with Gasteiger partial charge in [-0.3, -0.25) is 0 Å². The van der Waals surface area contributed by atoms with Gasteiger partial charge < -0.3 is 16.2 Å². The molecule has 0 atom stereocenters. The zero-order valence-electron chi connectivity index (χ0n) is 18.6. The quantitative estimate of drug-likeness (QED) is 0.277.